The van der Waals surface area contributed by atoms with E-state index < -0.39 is 5.97 Å². The summed E-state index contributed by atoms with van der Waals surface area (Å²) in [5.41, 5.74) is 0.622. The third kappa shape index (κ3) is 3.39. The maximum absolute atomic E-state index is 11.2. The van der Waals surface area contributed by atoms with E-state index in [1.807, 2.05) is 0 Å². The first-order chi connectivity index (χ1) is 9.51. The highest BCUT2D eigenvalue weighted by Crippen LogP contribution is 2.32. The van der Waals surface area contributed by atoms with Crippen LogP contribution in [0.25, 0.3) is 0 Å². The molecule has 0 radical (unpaired) electrons. The smallest absolute Gasteiger partial charge is 0.373 e. The maximum Gasteiger partial charge on any atom is 0.373 e. The number of rotatable bonds is 4. The Bertz CT molecular complexity index is 640. The number of esters is 1. The van der Waals surface area contributed by atoms with E-state index in [1.54, 1.807) is 24.3 Å². The highest BCUT2D eigenvalue weighted by atomic mass is 35.5. The van der Waals surface area contributed by atoms with Crippen LogP contribution in [0, 0.1) is 0 Å². The first-order valence-electron chi connectivity index (χ1n) is 5.56. The Balaban J connectivity index is 2.07. The van der Waals surface area contributed by atoms with Gasteiger partial charge in [0.05, 0.1) is 34.4 Å². The minimum Gasteiger partial charge on any atom is -0.463 e. The molecule has 0 atom stereocenters. The molecule has 0 amide bonds. The number of ether oxygens (including phenoxy) is 1. The lowest BCUT2D eigenvalue weighted by molar-refractivity contribution is 0.0563. The largest absolute Gasteiger partial charge is 0.463 e. The van der Waals surface area contributed by atoms with Crippen LogP contribution in [0.1, 0.15) is 16.3 Å². The minimum atomic E-state index is -0.524. The maximum atomic E-state index is 11.2. The fraction of sp³-hybridized carbons (Fsp3) is 0.154. The average molecular weight is 335 g/mol. The van der Waals surface area contributed by atoms with Crippen molar-refractivity contribution in [3.05, 3.63) is 50.9 Å². The zero-order valence-corrected chi connectivity index (χ0v) is 12.6. The molecule has 0 spiro atoms. The predicted molar refractivity (Wildman–Crippen MR) is 78.8 cm³/mol. The topological polar surface area (TPSA) is 51.5 Å². The van der Waals surface area contributed by atoms with Crippen molar-refractivity contribution in [2.45, 2.75) is 6.54 Å². The van der Waals surface area contributed by atoms with Crippen molar-refractivity contribution in [2.24, 2.45) is 0 Å². The van der Waals surface area contributed by atoms with Crippen LogP contribution < -0.4 is 5.32 Å². The molecule has 106 valence electrons. The van der Waals surface area contributed by atoms with Gasteiger partial charge in [-0.3, -0.25) is 0 Å². The van der Waals surface area contributed by atoms with Crippen LogP contribution >= 0.6 is 34.8 Å². The Hall–Kier alpha value is -1.36. The molecule has 0 aliphatic carbocycles. The van der Waals surface area contributed by atoms with Crippen molar-refractivity contribution < 1.29 is 13.9 Å². The van der Waals surface area contributed by atoms with Gasteiger partial charge in [0.2, 0.25) is 5.76 Å². The van der Waals surface area contributed by atoms with E-state index in [2.05, 4.69) is 10.1 Å². The second-order valence-corrected chi connectivity index (χ2v) is 5.08. The van der Waals surface area contributed by atoms with Gasteiger partial charge in [-0.15, -0.1) is 0 Å². The second kappa shape index (κ2) is 6.39. The molecule has 0 saturated heterocycles. The summed E-state index contributed by atoms with van der Waals surface area (Å²) in [6.07, 6.45) is 0. The molecule has 1 heterocycles. The van der Waals surface area contributed by atoms with Gasteiger partial charge in [-0.05, 0) is 24.3 Å². The molecule has 2 aromatic rings. The normalized spacial score (nSPS) is 10.4. The molecule has 0 saturated carbocycles. The molecule has 0 fully saturated rings. The fourth-order valence-corrected chi connectivity index (χ4v) is 2.14. The SMILES string of the molecule is COC(=O)c1ccc(CNc2cc(Cl)c(Cl)cc2Cl)o1. The summed E-state index contributed by atoms with van der Waals surface area (Å²) < 4.78 is 9.87. The molecule has 0 bridgehead atoms. The Morgan fingerprint density at radius 2 is 1.90 bits per heavy atom. The van der Waals surface area contributed by atoms with Crippen LogP contribution in [-0.4, -0.2) is 13.1 Å². The van der Waals surface area contributed by atoms with E-state index in [0.29, 0.717) is 33.1 Å². The summed E-state index contributed by atoms with van der Waals surface area (Å²) in [4.78, 5) is 11.2. The Labute approximate surface area is 130 Å². The molecule has 4 nitrogen and oxygen atoms in total. The predicted octanol–water partition coefficient (Wildman–Crippen LogP) is 4.64. The summed E-state index contributed by atoms with van der Waals surface area (Å²) in [7, 11) is 1.29. The lowest BCUT2D eigenvalue weighted by Crippen LogP contribution is -2.00. The Kier molecular flexibility index (Phi) is 4.81. The first kappa shape index (κ1) is 15.0. The molecule has 2 rings (SSSR count). The van der Waals surface area contributed by atoms with Crippen LogP contribution in [0.4, 0.5) is 5.69 Å². The summed E-state index contributed by atoms with van der Waals surface area (Å²) >= 11 is 17.8. The highest BCUT2D eigenvalue weighted by Gasteiger charge is 2.11. The molecule has 0 aliphatic heterocycles. The summed E-state index contributed by atoms with van der Waals surface area (Å²) in [5, 5.41) is 4.27. The number of hydrogen-bond donors (Lipinski definition) is 1. The monoisotopic (exact) mass is 333 g/mol. The van der Waals surface area contributed by atoms with Gasteiger partial charge in [-0.1, -0.05) is 34.8 Å². The zero-order valence-electron chi connectivity index (χ0n) is 10.4. The molecular weight excluding hydrogens is 325 g/mol. The summed E-state index contributed by atoms with van der Waals surface area (Å²) in [5.74, 6) is 0.181. The zero-order chi connectivity index (χ0) is 14.7. The molecule has 20 heavy (non-hydrogen) atoms. The molecule has 0 unspecified atom stereocenters. The van der Waals surface area contributed by atoms with E-state index in [1.165, 1.54) is 7.11 Å². The van der Waals surface area contributed by atoms with Crippen molar-refractivity contribution in [2.75, 3.05) is 12.4 Å². The van der Waals surface area contributed by atoms with Gasteiger partial charge >= 0.3 is 5.97 Å². The van der Waals surface area contributed by atoms with Gasteiger partial charge < -0.3 is 14.5 Å². The van der Waals surface area contributed by atoms with E-state index in [0.717, 1.165) is 0 Å². The number of halogens is 3. The Morgan fingerprint density at radius 1 is 1.20 bits per heavy atom. The van der Waals surface area contributed by atoms with Crippen LogP contribution in [0.5, 0.6) is 0 Å². The fourth-order valence-electron chi connectivity index (χ4n) is 1.52. The molecule has 1 aromatic heterocycles. The van der Waals surface area contributed by atoms with Crippen LogP contribution in [0.2, 0.25) is 15.1 Å². The van der Waals surface area contributed by atoms with Crippen molar-refractivity contribution in [3.8, 4) is 0 Å². The van der Waals surface area contributed by atoms with E-state index in [-0.39, 0.29) is 5.76 Å². The summed E-state index contributed by atoms with van der Waals surface area (Å²) in [6.45, 7) is 0.342. The molecule has 0 aliphatic rings. The van der Waals surface area contributed by atoms with E-state index in [9.17, 15) is 4.79 Å². The number of hydrogen-bond acceptors (Lipinski definition) is 4. The number of anilines is 1. The number of carbonyl (C=O) groups excluding carboxylic acids is 1. The summed E-state index contributed by atoms with van der Waals surface area (Å²) in [6, 6.07) is 6.39. The molecule has 1 aromatic carbocycles. The number of methoxy groups -OCH3 is 1. The van der Waals surface area contributed by atoms with Gasteiger partial charge in [0, 0.05) is 0 Å². The number of carbonyl (C=O) groups is 1. The van der Waals surface area contributed by atoms with Crippen molar-refractivity contribution in [1.82, 2.24) is 0 Å². The highest BCUT2D eigenvalue weighted by molar-refractivity contribution is 6.44. The van der Waals surface area contributed by atoms with Gasteiger partial charge in [-0.25, -0.2) is 4.79 Å². The van der Waals surface area contributed by atoms with Crippen molar-refractivity contribution >= 4 is 46.5 Å². The number of nitrogens with one attached hydrogen (secondary N) is 1. The first-order valence-corrected chi connectivity index (χ1v) is 6.70. The number of furan rings is 1. The quantitative estimate of drug-likeness (QED) is 0.654. The van der Waals surface area contributed by atoms with E-state index >= 15 is 0 Å². The van der Waals surface area contributed by atoms with Crippen LogP contribution in [-0.2, 0) is 11.3 Å². The molecule has 7 heteroatoms. The van der Waals surface area contributed by atoms with Gasteiger partial charge in [0.25, 0.3) is 0 Å². The van der Waals surface area contributed by atoms with Crippen molar-refractivity contribution in [3.63, 3.8) is 0 Å². The van der Waals surface area contributed by atoms with Gasteiger partial charge in [0.15, 0.2) is 0 Å². The average Bonchev–Trinajstić information content (AvgIpc) is 2.89. The lowest BCUT2D eigenvalue weighted by atomic mass is 10.3. The lowest BCUT2D eigenvalue weighted by Gasteiger charge is -2.08. The standard InChI is InChI=1S/C13H10Cl3NO3/c1-19-13(18)12-3-2-7(20-12)6-17-11-5-9(15)8(14)4-10(11)16/h2-5,17H,6H2,1H3. The third-order valence-electron chi connectivity index (χ3n) is 2.51. The molecule has 1 N–H and O–H groups in total. The van der Waals surface area contributed by atoms with E-state index in [4.69, 9.17) is 39.2 Å². The molecular formula is C13H10Cl3NO3. The van der Waals surface area contributed by atoms with Gasteiger partial charge in [-0.2, -0.15) is 0 Å². The third-order valence-corrected chi connectivity index (χ3v) is 3.55. The number of benzene rings is 1. The van der Waals surface area contributed by atoms with Gasteiger partial charge in [0.1, 0.15) is 5.76 Å². The van der Waals surface area contributed by atoms with Crippen molar-refractivity contribution in [1.29, 1.82) is 0 Å². The second-order valence-electron chi connectivity index (χ2n) is 3.86. The van der Waals surface area contributed by atoms with Crippen LogP contribution in [0.15, 0.2) is 28.7 Å². The minimum absolute atomic E-state index is 0.143. The Morgan fingerprint density at radius 3 is 2.60 bits per heavy atom. The van der Waals surface area contributed by atoms with Crippen LogP contribution in [0.3, 0.4) is 0 Å².